The lowest BCUT2D eigenvalue weighted by Gasteiger charge is -2.05. The highest BCUT2D eigenvalue weighted by molar-refractivity contribution is 6.00. The second kappa shape index (κ2) is 7.38. The third kappa shape index (κ3) is 4.63. The molecular formula is C12H17N3O2. The van der Waals surface area contributed by atoms with Crippen LogP contribution in [-0.2, 0) is 4.74 Å². The molecule has 1 aromatic heterocycles. The van der Waals surface area contributed by atoms with E-state index in [4.69, 9.17) is 4.74 Å². The van der Waals surface area contributed by atoms with E-state index >= 15 is 0 Å². The molecule has 0 unspecified atom stereocenters. The summed E-state index contributed by atoms with van der Waals surface area (Å²) in [5.41, 5.74) is 4.15. The Morgan fingerprint density at radius 1 is 1.41 bits per heavy atom. The number of rotatable bonds is 5. The van der Waals surface area contributed by atoms with Crippen LogP contribution in [0.15, 0.2) is 29.6 Å². The van der Waals surface area contributed by atoms with Crippen LogP contribution in [0.2, 0.25) is 0 Å². The number of hydrogen-bond acceptors (Lipinski definition) is 4. The van der Waals surface area contributed by atoms with Crippen molar-refractivity contribution in [1.29, 1.82) is 0 Å². The van der Waals surface area contributed by atoms with Crippen LogP contribution in [-0.4, -0.2) is 23.4 Å². The Balaban J connectivity index is 2.72. The molecule has 0 fully saturated rings. The van der Waals surface area contributed by atoms with Crippen molar-refractivity contribution in [2.75, 3.05) is 6.61 Å². The van der Waals surface area contributed by atoms with Crippen molar-refractivity contribution in [3.63, 3.8) is 0 Å². The molecule has 0 aromatic carbocycles. The molecule has 1 N–H and O–H groups in total. The average Bonchev–Trinajstić information content (AvgIpc) is 2.36. The lowest BCUT2D eigenvalue weighted by atomic mass is 10.1. The van der Waals surface area contributed by atoms with Gasteiger partial charge in [0.15, 0.2) is 0 Å². The third-order valence-corrected chi connectivity index (χ3v) is 2.06. The fraction of sp³-hybridized carbons (Fsp3) is 0.417. The predicted octanol–water partition coefficient (Wildman–Crippen LogP) is 2.33. The van der Waals surface area contributed by atoms with Crippen molar-refractivity contribution in [2.45, 2.75) is 26.7 Å². The van der Waals surface area contributed by atoms with Crippen LogP contribution in [0, 0.1) is 0 Å². The van der Waals surface area contributed by atoms with Gasteiger partial charge in [-0.05, 0) is 25.5 Å². The number of nitrogens with zero attached hydrogens (tertiary/aromatic N) is 2. The van der Waals surface area contributed by atoms with Crippen molar-refractivity contribution >= 4 is 11.8 Å². The van der Waals surface area contributed by atoms with Gasteiger partial charge in [0, 0.05) is 18.0 Å². The first-order valence-corrected chi connectivity index (χ1v) is 5.67. The molecule has 0 aliphatic rings. The third-order valence-electron chi connectivity index (χ3n) is 2.06. The van der Waals surface area contributed by atoms with Crippen molar-refractivity contribution in [3.05, 3.63) is 30.1 Å². The SMILES string of the molecule is CCCC(=NNC(=O)OCC)c1ccncc1. The van der Waals surface area contributed by atoms with Gasteiger partial charge in [-0.25, -0.2) is 10.2 Å². The number of ether oxygens (including phenoxy) is 1. The van der Waals surface area contributed by atoms with Gasteiger partial charge < -0.3 is 4.74 Å². The first-order chi connectivity index (χ1) is 8.27. The van der Waals surface area contributed by atoms with Gasteiger partial charge in [0.2, 0.25) is 0 Å². The summed E-state index contributed by atoms with van der Waals surface area (Å²) in [4.78, 5) is 15.1. The van der Waals surface area contributed by atoms with E-state index in [0.29, 0.717) is 6.61 Å². The molecule has 1 heterocycles. The molecule has 1 amide bonds. The molecule has 92 valence electrons. The molecule has 0 saturated heterocycles. The largest absolute Gasteiger partial charge is 0.449 e. The van der Waals surface area contributed by atoms with Gasteiger partial charge in [-0.3, -0.25) is 4.98 Å². The van der Waals surface area contributed by atoms with E-state index in [1.807, 2.05) is 12.1 Å². The Morgan fingerprint density at radius 3 is 2.71 bits per heavy atom. The van der Waals surface area contributed by atoms with Crippen molar-refractivity contribution in [3.8, 4) is 0 Å². The van der Waals surface area contributed by atoms with Crippen LogP contribution in [0.3, 0.4) is 0 Å². The van der Waals surface area contributed by atoms with E-state index in [2.05, 4.69) is 22.4 Å². The van der Waals surface area contributed by atoms with Crippen LogP contribution in [0.1, 0.15) is 32.3 Å². The lowest BCUT2D eigenvalue weighted by Crippen LogP contribution is -2.21. The first-order valence-electron chi connectivity index (χ1n) is 5.67. The number of aromatic nitrogens is 1. The molecule has 0 bridgehead atoms. The average molecular weight is 235 g/mol. The highest BCUT2D eigenvalue weighted by Gasteiger charge is 2.04. The van der Waals surface area contributed by atoms with Crippen LogP contribution < -0.4 is 5.43 Å². The zero-order valence-corrected chi connectivity index (χ0v) is 10.1. The highest BCUT2D eigenvalue weighted by Crippen LogP contribution is 2.04. The molecule has 0 aliphatic carbocycles. The summed E-state index contributed by atoms with van der Waals surface area (Å²) in [6, 6.07) is 3.72. The Hall–Kier alpha value is -1.91. The Labute approximate surface area is 101 Å². The maximum Gasteiger partial charge on any atom is 0.427 e. The number of nitrogens with one attached hydrogen (secondary N) is 1. The topological polar surface area (TPSA) is 63.6 Å². The number of carbonyl (C=O) groups excluding carboxylic acids is 1. The van der Waals surface area contributed by atoms with E-state index in [1.54, 1.807) is 19.3 Å². The van der Waals surface area contributed by atoms with E-state index in [-0.39, 0.29) is 0 Å². The maximum absolute atomic E-state index is 11.1. The highest BCUT2D eigenvalue weighted by atomic mass is 16.5. The molecule has 5 nitrogen and oxygen atoms in total. The van der Waals surface area contributed by atoms with E-state index in [9.17, 15) is 4.79 Å². The molecule has 1 aromatic rings. The number of pyridine rings is 1. The number of hydrogen-bond donors (Lipinski definition) is 1. The van der Waals surface area contributed by atoms with Crippen molar-refractivity contribution < 1.29 is 9.53 Å². The molecule has 0 saturated carbocycles. The molecule has 1 rings (SSSR count). The molecule has 5 heteroatoms. The van der Waals surface area contributed by atoms with Gasteiger partial charge >= 0.3 is 6.09 Å². The molecule has 17 heavy (non-hydrogen) atoms. The maximum atomic E-state index is 11.1. The Morgan fingerprint density at radius 2 is 2.12 bits per heavy atom. The molecule has 0 radical (unpaired) electrons. The molecule has 0 aliphatic heterocycles. The van der Waals surface area contributed by atoms with Gasteiger partial charge in [-0.15, -0.1) is 0 Å². The van der Waals surface area contributed by atoms with Gasteiger partial charge in [-0.2, -0.15) is 5.10 Å². The van der Waals surface area contributed by atoms with E-state index in [0.717, 1.165) is 24.1 Å². The minimum Gasteiger partial charge on any atom is -0.449 e. The summed E-state index contributed by atoms with van der Waals surface area (Å²) in [5.74, 6) is 0. The quantitative estimate of drug-likeness (QED) is 0.629. The normalized spacial score (nSPS) is 11.1. The minimum absolute atomic E-state index is 0.333. The minimum atomic E-state index is -0.532. The van der Waals surface area contributed by atoms with Gasteiger partial charge in [-0.1, -0.05) is 13.3 Å². The Kier molecular flexibility index (Phi) is 5.71. The zero-order chi connectivity index (χ0) is 12.5. The molecule has 0 atom stereocenters. The molecule has 0 spiro atoms. The molecular weight excluding hydrogens is 218 g/mol. The second-order valence-corrected chi connectivity index (χ2v) is 3.38. The monoisotopic (exact) mass is 235 g/mol. The zero-order valence-electron chi connectivity index (χ0n) is 10.1. The van der Waals surface area contributed by atoms with Crippen LogP contribution in [0.25, 0.3) is 0 Å². The van der Waals surface area contributed by atoms with Crippen molar-refractivity contribution in [1.82, 2.24) is 10.4 Å². The fourth-order valence-electron chi connectivity index (χ4n) is 1.32. The predicted molar refractivity (Wildman–Crippen MR) is 65.8 cm³/mol. The van der Waals surface area contributed by atoms with E-state index in [1.165, 1.54) is 0 Å². The summed E-state index contributed by atoms with van der Waals surface area (Å²) < 4.78 is 4.74. The first kappa shape index (κ1) is 13.2. The lowest BCUT2D eigenvalue weighted by molar-refractivity contribution is 0.152. The van der Waals surface area contributed by atoms with Crippen molar-refractivity contribution in [2.24, 2.45) is 5.10 Å². The van der Waals surface area contributed by atoms with Gasteiger partial charge in [0.1, 0.15) is 0 Å². The summed E-state index contributed by atoms with van der Waals surface area (Å²) in [5, 5.41) is 4.07. The summed E-state index contributed by atoms with van der Waals surface area (Å²) in [7, 11) is 0. The van der Waals surface area contributed by atoms with Gasteiger partial charge in [0.05, 0.1) is 12.3 Å². The fourth-order valence-corrected chi connectivity index (χ4v) is 1.32. The van der Waals surface area contributed by atoms with Crippen LogP contribution in [0.5, 0.6) is 0 Å². The number of carbonyl (C=O) groups is 1. The summed E-state index contributed by atoms with van der Waals surface area (Å²) >= 11 is 0. The van der Waals surface area contributed by atoms with E-state index < -0.39 is 6.09 Å². The summed E-state index contributed by atoms with van der Waals surface area (Å²) in [6.45, 7) is 4.14. The Bertz CT molecular complexity index is 377. The number of amides is 1. The number of hydrazone groups is 1. The summed E-state index contributed by atoms with van der Waals surface area (Å²) in [6.07, 6.45) is 4.60. The van der Waals surface area contributed by atoms with Crippen LogP contribution >= 0.6 is 0 Å². The van der Waals surface area contributed by atoms with Gasteiger partial charge in [0.25, 0.3) is 0 Å². The van der Waals surface area contributed by atoms with Crippen LogP contribution in [0.4, 0.5) is 4.79 Å². The standard InChI is InChI=1S/C12H17N3O2/c1-3-5-11(10-6-8-13-9-7-10)14-15-12(16)17-4-2/h6-9H,3-5H2,1-2H3,(H,15,16). The smallest absolute Gasteiger partial charge is 0.427 e. The second-order valence-electron chi connectivity index (χ2n) is 3.38.